The highest BCUT2D eigenvalue weighted by Crippen LogP contribution is 2.44. The normalized spacial score (nSPS) is 14.0. The van der Waals surface area contributed by atoms with Gasteiger partial charge in [-0.05, 0) is 158 Å². The Morgan fingerprint density at radius 1 is 0.313 bits per heavy atom. The molecule has 115 heavy (non-hydrogen) atoms. The molecule has 596 valence electrons. The molecule has 8 atom stereocenters. The summed E-state index contributed by atoms with van der Waals surface area (Å²) in [6, 6.07) is 41.9. The first-order valence-corrected chi connectivity index (χ1v) is 39.3. The van der Waals surface area contributed by atoms with Crippen molar-refractivity contribution in [2.75, 3.05) is 26.2 Å². The smallest absolute Gasteiger partial charge is 0.407 e. The number of carboxylic acids is 1. The van der Waals surface area contributed by atoms with Crippen molar-refractivity contribution < 1.29 is 53.0 Å². The molecule has 1 aliphatic rings. The minimum absolute atomic E-state index is 0.0000657. The van der Waals surface area contributed by atoms with Crippen LogP contribution in [0.2, 0.25) is 0 Å². The molecule has 0 unspecified atom stereocenters. The number of fused-ring (bicyclic) bond motifs is 8. The molecule has 0 saturated heterocycles. The second kappa shape index (κ2) is 38.1. The zero-order chi connectivity index (χ0) is 80.3. The number of amides is 8. The van der Waals surface area contributed by atoms with Crippen LogP contribution in [0.3, 0.4) is 0 Å². The van der Waals surface area contributed by atoms with Gasteiger partial charge in [-0.15, -0.1) is 0 Å². The van der Waals surface area contributed by atoms with Crippen molar-refractivity contribution in [2.45, 2.75) is 144 Å². The first-order valence-electron chi connectivity index (χ1n) is 39.3. The molecule has 0 fully saturated rings. The number of carbonyl (C=O) groups is 9. The van der Waals surface area contributed by atoms with Gasteiger partial charge in [0.05, 0.1) is 0 Å². The van der Waals surface area contributed by atoms with Gasteiger partial charge in [-0.2, -0.15) is 0 Å². The van der Waals surface area contributed by atoms with Crippen molar-refractivity contribution in [3.05, 3.63) is 240 Å². The Bertz CT molecular complexity index is 5400. The van der Waals surface area contributed by atoms with Crippen LogP contribution < -0.4 is 59.7 Å². The molecule has 13 rings (SSSR count). The number of aromatic amines is 5. The largest absolute Gasteiger partial charge is 0.480 e. The van der Waals surface area contributed by atoms with E-state index in [4.69, 9.17) is 21.9 Å². The Hall–Kier alpha value is -12.9. The molecule has 1 aliphatic carbocycles. The summed E-state index contributed by atoms with van der Waals surface area (Å²) in [6.45, 7) is 0.731. The van der Waals surface area contributed by atoms with Crippen molar-refractivity contribution in [2.24, 2.45) is 17.2 Å². The Morgan fingerprint density at radius 3 is 0.852 bits per heavy atom. The second-order valence-corrected chi connectivity index (χ2v) is 29.5. The minimum Gasteiger partial charge on any atom is -0.480 e. The molecule has 0 spiro atoms. The van der Waals surface area contributed by atoms with E-state index in [2.05, 4.69) is 67.5 Å². The van der Waals surface area contributed by atoms with Crippen LogP contribution in [-0.4, -0.2) is 158 Å². The average molecular weight is 1560 g/mol. The van der Waals surface area contributed by atoms with Crippen LogP contribution in [0, 0.1) is 0 Å². The monoisotopic (exact) mass is 1550 g/mol. The highest BCUT2D eigenvalue weighted by Gasteiger charge is 2.38. The molecule has 20 N–H and O–H groups in total. The van der Waals surface area contributed by atoms with Gasteiger partial charge in [0.2, 0.25) is 41.4 Å². The van der Waals surface area contributed by atoms with Gasteiger partial charge in [-0.1, -0.05) is 140 Å². The van der Waals surface area contributed by atoms with E-state index in [1.165, 1.54) is 0 Å². The topological polar surface area (TPSA) is 436 Å². The van der Waals surface area contributed by atoms with E-state index < -0.39 is 102 Å². The highest BCUT2D eigenvalue weighted by atomic mass is 16.5. The number of unbranched alkanes of at least 4 members (excludes halogenated alkanes) is 3. The fraction of sp³-hybridized carbons (Fsp3) is 0.307. The molecule has 0 radical (unpaired) electrons. The van der Waals surface area contributed by atoms with Gasteiger partial charge in [-0.3, -0.25) is 33.6 Å². The lowest BCUT2D eigenvalue weighted by molar-refractivity contribution is -0.142. The zero-order valence-electron chi connectivity index (χ0n) is 63.7. The van der Waals surface area contributed by atoms with E-state index >= 15 is 28.8 Å². The van der Waals surface area contributed by atoms with Crippen LogP contribution in [0.5, 0.6) is 0 Å². The lowest BCUT2D eigenvalue weighted by atomic mass is 9.98. The number of aliphatic carboxylic acids is 1. The number of H-pyrrole nitrogens is 5. The Labute approximate surface area is 663 Å². The molecule has 0 aliphatic heterocycles. The number of nitrogens with one attached hydrogen (secondary N) is 13. The fourth-order valence-corrected chi connectivity index (χ4v) is 15.6. The first-order chi connectivity index (χ1) is 56.0. The molecule has 0 saturated carbocycles. The van der Waals surface area contributed by atoms with Gasteiger partial charge in [-0.25, -0.2) is 9.59 Å². The molecule has 5 heterocycles. The SMILES string of the molecule is NCCCC[C@H](NC(=O)[C@H](Cc1c[nH]c2ccccc12)NC(=O)[C@H](Cc1c[nH]c2ccccc12)NC(=O)[C@H](CCCCN)NC(=O)[C@H](Cc1c[nH]c2ccccc12)NC(=O)[C@H](CCCCN)NC(=O)[C@H](Cc1c[nH]c2ccccc12)NC(=O)OCC1c2ccccc2-c2ccccc21)C(=O)N[C@@H](Cc1c[nH]c2ccccc12)C(=O)O. The number of hydrogen-bond acceptors (Lipinski definition) is 13. The third kappa shape index (κ3) is 19.6. The van der Waals surface area contributed by atoms with E-state index in [9.17, 15) is 19.5 Å². The van der Waals surface area contributed by atoms with Crippen LogP contribution >= 0.6 is 0 Å². The molecule has 5 aromatic heterocycles. The number of carboxylic acid groups (broad SMARTS) is 1. The number of benzene rings is 7. The molecule has 27 heteroatoms. The van der Waals surface area contributed by atoms with E-state index in [1.54, 1.807) is 31.0 Å². The number of hydrogen-bond donors (Lipinski definition) is 17. The van der Waals surface area contributed by atoms with Gasteiger partial charge in [0, 0.05) is 124 Å². The number of aromatic nitrogens is 5. The Morgan fingerprint density at radius 2 is 0.557 bits per heavy atom. The summed E-state index contributed by atoms with van der Waals surface area (Å²) >= 11 is 0. The molecule has 8 amide bonds. The summed E-state index contributed by atoms with van der Waals surface area (Å²) in [6.07, 6.45) is 9.75. The maximum absolute atomic E-state index is 15.7. The lowest BCUT2D eigenvalue weighted by Crippen LogP contribution is -2.61. The lowest BCUT2D eigenvalue weighted by Gasteiger charge is -2.28. The first kappa shape index (κ1) is 80.2. The second-order valence-electron chi connectivity index (χ2n) is 29.5. The van der Waals surface area contributed by atoms with Crippen molar-refractivity contribution in [3.8, 4) is 11.1 Å². The van der Waals surface area contributed by atoms with Gasteiger partial charge in [0.25, 0.3) is 0 Å². The van der Waals surface area contributed by atoms with Crippen LogP contribution in [0.1, 0.15) is 103 Å². The number of para-hydroxylation sites is 5. The van der Waals surface area contributed by atoms with Gasteiger partial charge in [0.1, 0.15) is 54.9 Å². The van der Waals surface area contributed by atoms with Crippen molar-refractivity contribution in [3.63, 3.8) is 0 Å². The number of ether oxygens (including phenoxy) is 1. The summed E-state index contributed by atoms with van der Waals surface area (Å²) in [5.74, 6) is -7.02. The maximum Gasteiger partial charge on any atom is 0.407 e. The average Bonchev–Trinajstić information content (AvgIpc) is 1.61. The summed E-state index contributed by atoms with van der Waals surface area (Å²) in [5.41, 5.74) is 29.2. The summed E-state index contributed by atoms with van der Waals surface area (Å²) in [7, 11) is 0. The van der Waals surface area contributed by atoms with E-state index in [-0.39, 0.29) is 83.5 Å². The predicted octanol–water partition coefficient (Wildman–Crippen LogP) is 8.38. The summed E-state index contributed by atoms with van der Waals surface area (Å²) < 4.78 is 6.01. The molecular weight excluding hydrogens is 1460 g/mol. The molecule has 12 aromatic rings. The van der Waals surface area contributed by atoms with Crippen molar-refractivity contribution in [1.82, 2.24) is 67.5 Å². The van der Waals surface area contributed by atoms with Gasteiger partial charge in [0.15, 0.2) is 0 Å². The summed E-state index contributed by atoms with van der Waals surface area (Å²) in [4.78, 5) is 151. The van der Waals surface area contributed by atoms with Crippen LogP contribution in [-0.2, 0) is 75.2 Å². The number of rotatable bonds is 40. The molecular formula is C88H98N16O11. The quantitative estimate of drug-likeness (QED) is 0.0160. The predicted molar refractivity (Wildman–Crippen MR) is 442 cm³/mol. The Kier molecular flexibility index (Phi) is 26.6. The molecule has 27 nitrogen and oxygen atoms in total. The minimum atomic E-state index is -1.47. The fourth-order valence-electron chi connectivity index (χ4n) is 15.6. The number of nitrogens with two attached hydrogens (primary N) is 3. The van der Waals surface area contributed by atoms with Crippen LogP contribution in [0.15, 0.2) is 201 Å². The van der Waals surface area contributed by atoms with E-state index in [0.717, 1.165) is 76.8 Å². The third-order valence-electron chi connectivity index (χ3n) is 21.7. The highest BCUT2D eigenvalue weighted by molar-refractivity contribution is 6.00. The molecule has 0 bridgehead atoms. The summed E-state index contributed by atoms with van der Waals surface area (Å²) in [5, 5.41) is 37.5. The Balaban J connectivity index is 0.773. The van der Waals surface area contributed by atoms with Crippen molar-refractivity contribution >= 4 is 108 Å². The maximum atomic E-state index is 15.7. The van der Waals surface area contributed by atoms with Gasteiger partial charge >= 0.3 is 12.1 Å². The van der Waals surface area contributed by atoms with Gasteiger partial charge < -0.3 is 94.5 Å². The van der Waals surface area contributed by atoms with Crippen LogP contribution in [0.4, 0.5) is 4.79 Å². The van der Waals surface area contributed by atoms with E-state index in [0.29, 0.717) is 66.3 Å². The molecule has 7 aromatic carbocycles. The zero-order valence-corrected chi connectivity index (χ0v) is 63.7. The van der Waals surface area contributed by atoms with Crippen molar-refractivity contribution in [1.29, 1.82) is 0 Å². The van der Waals surface area contributed by atoms with E-state index in [1.807, 2.05) is 170 Å². The number of carbonyl (C=O) groups excluding carboxylic acids is 8. The third-order valence-corrected chi connectivity index (χ3v) is 21.7. The van der Waals surface area contributed by atoms with Crippen LogP contribution in [0.25, 0.3) is 65.6 Å². The number of alkyl carbamates (subject to hydrolysis) is 1. The standard InChI is InChI=1S/C88H98N16O11/c89-38-18-15-35-72(80(105)101-77(43-54-48-94-69-32-12-7-23-59(54)69)85(110)102-76(42-53-47-93-68-31-11-6-22-58(53)68)84(109)98-74(37-17-20-40-91)82(107)103-79(87(112)113)45-56-50-96-71-34-14-9-25-61(56)71)97-83(108)75(41-52-46-92-67-30-10-5-21-57(52)67)100-81(106)73(36-16-19-39-90)99-86(111)78(44-55-49-95-70-33-13-8-24-60(55)70)104-88(114)115-51-66-64-28-3-1-26-62(64)63-27-2-4-29-65(63)66/h1-14,21-34,46-50,66,72-79,92-96H,15-20,35-45,51,89-91H2,(H,97,108)(H,98,109)(H,99,111)(H,100,106)(H,101,105)(H,102,110)(H,103,107)(H,104,114)(H,112,113)/t72-,73-,74-,75-,76-,77-,78-,79-/m0/s1.